The molecule has 0 fully saturated rings. The first-order valence-electron chi connectivity index (χ1n) is 4.73. The van der Waals surface area contributed by atoms with Crippen LogP contribution < -0.4 is 16.4 Å². The first-order chi connectivity index (χ1) is 6.86. The lowest BCUT2D eigenvalue weighted by Gasteiger charge is -2.05. The lowest BCUT2D eigenvalue weighted by Crippen LogP contribution is -2.15. The fraction of sp³-hybridized carbons (Fsp3) is 0.625. The van der Waals surface area contributed by atoms with Crippen LogP contribution >= 0.6 is 0 Å². The highest BCUT2D eigenvalue weighted by atomic mass is 15.2. The number of anilines is 2. The Bertz CT molecular complexity index is 241. The predicted molar refractivity (Wildman–Crippen MR) is 56.2 cm³/mol. The summed E-state index contributed by atoms with van der Waals surface area (Å²) in [6, 6.07) is 0. The number of nitrogens with one attached hydrogen (secondary N) is 2. The van der Waals surface area contributed by atoms with Crippen LogP contribution in [0.15, 0.2) is 6.33 Å². The zero-order valence-corrected chi connectivity index (χ0v) is 8.32. The predicted octanol–water partition coefficient (Wildman–Crippen LogP) is 0.0641. The third kappa shape index (κ3) is 3.53. The molecule has 6 heteroatoms. The molecule has 0 radical (unpaired) electrons. The molecule has 4 N–H and O–H groups in total. The van der Waals surface area contributed by atoms with Crippen LogP contribution in [0.4, 0.5) is 11.9 Å². The molecule has 0 amide bonds. The molecular weight excluding hydrogens is 180 g/mol. The molecule has 1 aromatic heterocycles. The van der Waals surface area contributed by atoms with Crippen molar-refractivity contribution in [3.05, 3.63) is 6.33 Å². The van der Waals surface area contributed by atoms with Gasteiger partial charge in [0.05, 0.1) is 0 Å². The lowest BCUT2D eigenvalue weighted by atomic mass is 10.5. The molecule has 0 unspecified atom stereocenters. The Kier molecular flexibility index (Phi) is 4.63. The molecule has 1 rings (SSSR count). The number of hydrogen-bond acceptors (Lipinski definition) is 6. The van der Waals surface area contributed by atoms with Gasteiger partial charge in [0.1, 0.15) is 6.33 Å². The first-order valence-corrected chi connectivity index (χ1v) is 4.73. The Hall–Kier alpha value is -1.43. The average molecular weight is 196 g/mol. The summed E-state index contributed by atoms with van der Waals surface area (Å²) in [4.78, 5) is 12.1. The molecule has 0 atom stereocenters. The fourth-order valence-corrected chi connectivity index (χ4v) is 0.887. The summed E-state index contributed by atoms with van der Waals surface area (Å²) in [7, 11) is 0. The monoisotopic (exact) mass is 196 g/mol. The zero-order valence-electron chi connectivity index (χ0n) is 8.32. The van der Waals surface area contributed by atoms with Crippen molar-refractivity contribution in [2.45, 2.75) is 13.3 Å². The van der Waals surface area contributed by atoms with Crippen LogP contribution in [-0.2, 0) is 0 Å². The van der Waals surface area contributed by atoms with Gasteiger partial charge in [-0.1, -0.05) is 6.92 Å². The molecule has 0 aromatic carbocycles. The van der Waals surface area contributed by atoms with E-state index in [4.69, 9.17) is 5.73 Å². The van der Waals surface area contributed by atoms with Crippen molar-refractivity contribution < 1.29 is 0 Å². The van der Waals surface area contributed by atoms with Crippen LogP contribution in [0.2, 0.25) is 0 Å². The van der Waals surface area contributed by atoms with Crippen molar-refractivity contribution in [3.63, 3.8) is 0 Å². The van der Waals surface area contributed by atoms with Crippen molar-refractivity contribution in [3.8, 4) is 0 Å². The summed E-state index contributed by atoms with van der Waals surface area (Å²) < 4.78 is 0. The van der Waals surface area contributed by atoms with E-state index >= 15 is 0 Å². The maximum atomic E-state index is 5.35. The molecule has 0 saturated heterocycles. The Morgan fingerprint density at radius 2 is 1.86 bits per heavy atom. The van der Waals surface area contributed by atoms with E-state index < -0.39 is 0 Å². The summed E-state index contributed by atoms with van der Waals surface area (Å²) in [5.74, 6) is 1.16. The topological polar surface area (TPSA) is 88.8 Å². The van der Waals surface area contributed by atoms with Gasteiger partial charge in [-0.05, 0) is 6.42 Å². The van der Waals surface area contributed by atoms with E-state index in [0.29, 0.717) is 25.0 Å². The van der Waals surface area contributed by atoms with Crippen molar-refractivity contribution in [2.24, 2.45) is 5.73 Å². The van der Waals surface area contributed by atoms with Crippen LogP contribution in [0.25, 0.3) is 0 Å². The van der Waals surface area contributed by atoms with Crippen LogP contribution in [0.5, 0.6) is 0 Å². The molecule has 0 aliphatic carbocycles. The number of hydrogen-bond donors (Lipinski definition) is 3. The minimum Gasteiger partial charge on any atom is -0.354 e. The molecule has 0 aliphatic rings. The van der Waals surface area contributed by atoms with E-state index in [1.165, 1.54) is 6.33 Å². The highest BCUT2D eigenvalue weighted by Crippen LogP contribution is 2.00. The van der Waals surface area contributed by atoms with Crippen LogP contribution in [0.1, 0.15) is 13.3 Å². The van der Waals surface area contributed by atoms with Gasteiger partial charge in [-0.2, -0.15) is 4.98 Å². The molecule has 14 heavy (non-hydrogen) atoms. The third-order valence-corrected chi connectivity index (χ3v) is 1.53. The van der Waals surface area contributed by atoms with Crippen molar-refractivity contribution in [1.29, 1.82) is 0 Å². The molecule has 0 saturated carbocycles. The number of nitrogens with two attached hydrogens (primary N) is 1. The third-order valence-electron chi connectivity index (χ3n) is 1.53. The zero-order chi connectivity index (χ0) is 10.2. The SMILES string of the molecule is CCCNc1ncnc(NCCN)n1. The molecule has 0 aliphatic heterocycles. The maximum absolute atomic E-state index is 5.35. The van der Waals surface area contributed by atoms with Crippen LogP contribution in [0, 0.1) is 0 Å². The van der Waals surface area contributed by atoms with Gasteiger partial charge in [0.15, 0.2) is 0 Å². The van der Waals surface area contributed by atoms with Gasteiger partial charge in [0, 0.05) is 19.6 Å². The average Bonchev–Trinajstić information content (AvgIpc) is 2.24. The van der Waals surface area contributed by atoms with E-state index in [1.54, 1.807) is 0 Å². The number of aromatic nitrogens is 3. The van der Waals surface area contributed by atoms with Gasteiger partial charge in [-0.3, -0.25) is 0 Å². The summed E-state index contributed by atoms with van der Waals surface area (Å²) in [5, 5.41) is 6.06. The van der Waals surface area contributed by atoms with Gasteiger partial charge in [-0.15, -0.1) is 0 Å². The number of rotatable bonds is 6. The molecule has 6 nitrogen and oxygen atoms in total. The van der Waals surface area contributed by atoms with Gasteiger partial charge in [-0.25, -0.2) is 9.97 Å². The summed E-state index contributed by atoms with van der Waals surface area (Å²) in [5.41, 5.74) is 5.35. The van der Waals surface area contributed by atoms with E-state index in [-0.39, 0.29) is 0 Å². The fourth-order valence-electron chi connectivity index (χ4n) is 0.887. The van der Waals surface area contributed by atoms with Crippen LogP contribution in [-0.4, -0.2) is 34.6 Å². The molecule has 0 bridgehead atoms. The molecule has 1 heterocycles. The Labute approximate surface area is 83.4 Å². The molecule has 78 valence electrons. The smallest absolute Gasteiger partial charge is 0.227 e. The van der Waals surface area contributed by atoms with Crippen molar-refractivity contribution >= 4 is 11.9 Å². The van der Waals surface area contributed by atoms with E-state index in [9.17, 15) is 0 Å². The first kappa shape index (κ1) is 10.6. The van der Waals surface area contributed by atoms with Crippen molar-refractivity contribution in [2.75, 3.05) is 30.3 Å². The molecule has 1 aromatic rings. The summed E-state index contributed by atoms with van der Waals surface area (Å²) in [6.45, 7) is 4.17. The summed E-state index contributed by atoms with van der Waals surface area (Å²) in [6.07, 6.45) is 2.51. The van der Waals surface area contributed by atoms with E-state index in [2.05, 4.69) is 32.5 Å². The van der Waals surface area contributed by atoms with E-state index in [1.807, 2.05) is 0 Å². The quantitative estimate of drug-likeness (QED) is 0.596. The second kappa shape index (κ2) is 6.09. The van der Waals surface area contributed by atoms with Gasteiger partial charge in [0.25, 0.3) is 0 Å². The Morgan fingerprint density at radius 1 is 1.21 bits per heavy atom. The second-order valence-electron chi connectivity index (χ2n) is 2.77. The summed E-state index contributed by atoms with van der Waals surface area (Å²) >= 11 is 0. The highest BCUT2D eigenvalue weighted by Gasteiger charge is 1.97. The second-order valence-corrected chi connectivity index (χ2v) is 2.77. The minimum absolute atomic E-state index is 0.559. The Balaban J connectivity index is 2.50. The molecule has 0 spiro atoms. The highest BCUT2D eigenvalue weighted by molar-refractivity contribution is 5.32. The molecular formula is C8H16N6. The standard InChI is InChI=1S/C8H16N6/c1-2-4-10-7-12-6-13-8(14-7)11-5-3-9/h6H,2-5,9H2,1H3,(H2,10,11,12,13,14). The largest absolute Gasteiger partial charge is 0.354 e. The van der Waals surface area contributed by atoms with E-state index in [0.717, 1.165) is 13.0 Å². The minimum atomic E-state index is 0.559. The van der Waals surface area contributed by atoms with Gasteiger partial charge < -0.3 is 16.4 Å². The van der Waals surface area contributed by atoms with Gasteiger partial charge in [0.2, 0.25) is 11.9 Å². The van der Waals surface area contributed by atoms with Crippen LogP contribution in [0.3, 0.4) is 0 Å². The number of nitrogens with zero attached hydrogens (tertiary/aromatic N) is 3. The lowest BCUT2D eigenvalue weighted by molar-refractivity contribution is 0.927. The normalized spacial score (nSPS) is 9.86. The Morgan fingerprint density at radius 3 is 2.43 bits per heavy atom. The van der Waals surface area contributed by atoms with Gasteiger partial charge >= 0.3 is 0 Å². The van der Waals surface area contributed by atoms with Crippen molar-refractivity contribution in [1.82, 2.24) is 15.0 Å². The maximum Gasteiger partial charge on any atom is 0.227 e.